The molecule has 3 nitrogen and oxygen atoms in total. The molecule has 1 aromatic heterocycles. The summed E-state index contributed by atoms with van der Waals surface area (Å²) in [5.41, 5.74) is 2.08. The molecule has 0 saturated heterocycles. The minimum atomic E-state index is 0. The third kappa shape index (κ3) is 5.50. The first-order valence-corrected chi connectivity index (χ1v) is 8.86. The molecule has 0 aliphatic carbocycles. The topological polar surface area (TPSA) is 42.0 Å². The summed E-state index contributed by atoms with van der Waals surface area (Å²) >= 11 is 0. The second-order valence-corrected chi connectivity index (χ2v) is 6.52. The number of aromatic nitrogens is 1. The molecule has 136 valence electrons. The number of nitrogens with zero attached hydrogens (tertiary/aromatic N) is 1. The number of carbonyl (C=O) groups excluding carboxylic acids is 1. The minimum absolute atomic E-state index is 0. The van der Waals surface area contributed by atoms with Crippen LogP contribution in [0.15, 0.2) is 67.0 Å². The van der Waals surface area contributed by atoms with Crippen molar-refractivity contribution in [3.63, 3.8) is 0 Å². The Morgan fingerprint density at radius 1 is 1.08 bits per heavy atom. The zero-order chi connectivity index (χ0) is 17.5. The van der Waals surface area contributed by atoms with Gasteiger partial charge in [0.25, 0.3) is 0 Å². The molecule has 1 heterocycles. The lowest BCUT2D eigenvalue weighted by Crippen LogP contribution is -2.25. The Morgan fingerprint density at radius 3 is 2.69 bits per heavy atom. The molecule has 0 aliphatic heterocycles. The van der Waals surface area contributed by atoms with E-state index in [1.165, 1.54) is 16.3 Å². The summed E-state index contributed by atoms with van der Waals surface area (Å²) in [5.74, 6) is 0.232. The molecule has 26 heavy (non-hydrogen) atoms. The van der Waals surface area contributed by atoms with Crippen LogP contribution in [0.5, 0.6) is 0 Å². The van der Waals surface area contributed by atoms with Crippen LogP contribution in [0.3, 0.4) is 0 Å². The largest absolute Gasteiger partial charge is 0.310 e. The Bertz CT molecular complexity index is 830. The second kappa shape index (κ2) is 9.83. The first kappa shape index (κ1) is 19.8. The molecule has 0 aliphatic rings. The predicted octanol–water partition coefficient (Wildman–Crippen LogP) is 5.40. The Hall–Kier alpha value is -2.52. The Labute approximate surface area is 156 Å². The SMILES string of the molecule is C.C[C@H](CCCC(=O)c1ccccc1)NCc1ccc2cnccc2c1. The van der Waals surface area contributed by atoms with E-state index in [4.69, 9.17) is 0 Å². The third-order valence-electron chi connectivity index (χ3n) is 4.50. The van der Waals surface area contributed by atoms with Gasteiger partial charge in [-0.25, -0.2) is 0 Å². The summed E-state index contributed by atoms with van der Waals surface area (Å²) < 4.78 is 0. The Kier molecular flexibility index (Phi) is 7.49. The zero-order valence-corrected chi connectivity index (χ0v) is 14.6. The molecule has 0 unspecified atom stereocenters. The number of rotatable bonds is 8. The van der Waals surface area contributed by atoms with Gasteiger partial charge in [-0.05, 0) is 42.8 Å². The minimum Gasteiger partial charge on any atom is -0.310 e. The van der Waals surface area contributed by atoms with Gasteiger partial charge in [0.2, 0.25) is 0 Å². The maximum atomic E-state index is 12.1. The van der Waals surface area contributed by atoms with Crippen molar-refractivity contribution in [2.45, 2.75) is 46.2 Å². The number of hydrogen-bond acceptors (Lipinski definition) is 3. The molecule has 0 saturated carbocycles. The number of nitrogens with one attached hydrogen (secondary N) is 1. The highest BCUT2D eigenvalue weighted by atomic mass is 16.1. The van der Waals surface area contributed by atoms with Crippen LogP contribution in [-0.2, 0) is 6.54 Å². The lowest BCUT2D eigenvalue weighted by Gasteiger charge is -2.14. The molecule has 0 fully saturated rings. The number of carbonyl (C=O) groups is 1. The normalized spacial score (nSPS) is 11.7. The van der Waals surface area contributed by atoms with Gasteiger partial charge in [-0.3, -0.25) is 9.78 Å². The fourth-order valence-electron chi connectivity index (χ4n) is 2.97. The van der Waals surface area contributed by atoms with Gasteiger partial charge in [0.15, 0.2) is 5.78 Å². The Balaban J connectivity index is 0.00000243. The smallest absolute Gasteiger partial charge is 0.162 e. The van der Waals surface area contributed by atoms with Crippen molar-refractivity contribution < 1.29 is 4.79 Å². The maximum Gasteiger partial charge on any atom is 0.162 e. The quantitative estimate of drug-likeness (QED) is 0.554. The van der Waals surface area contributed by atoms with Crippen LogP contribution in [0.2, 0.25) is 0 Å². The van der Waals surface area contributed by atoms with E-state index in [0.717, 1.165) is 24.9 Å². The maximum absolute atomic E-state index is 12.1. The van der Waals surface area contributed by atoms with Crippen LogP contribution < -0.4 is 5.32 Å². The van der Waals surface area contributed by atoms with E-state index in [-0.39, 0.29) is 13.2 Å². The highest BCUT2D eigenvalue weighted by molar-refractivity contribution is 5.95. The molecule has 3 rings (SSSR count). The van der Waals surface area contributed by atoms with E-state index < -0.39 is 0 Å². The van der Waals surface area contributed by atoms with Gasteiger partial charge in [0, 0.05) is 42.4 Å². The molecule has 0 amide bonds. The number of pyridine rings is 1. The van der Waals surface area contributed by atoms with E-state index in [1.54, 1.807) is 0 Å². The van der Waals surface area contributed by atoms with Crippen LogP contribution in [0.4, 0.5) is 0 Å². The number of Topliss-reactive ketones (excluding diaryl/α,β-unsaturated/α-hetero) is 1. The molecular weight excluding hydrogens is 320 g/mol. The number of hydrogen-bond donors (Lipinski definition) is 1. The van der Waals surface area contributed by atoms with E-state index >= 15 is 0 Å². The van der Waals surface area contributed by atoms with E-state index in [0.29, 0.717) is 12.5 Å². The molecule has 2 aromatic carbocycles. The van der Waals surface area contributed by atoms with Gasteiger partial charge in [0.1, 0.15) is 0 Å². The number of fused-ring (bicyclic) bond motifs is 1. The molecule has 1 atom stereocenters. The summed E-state index contributed by atoms with van der Waals surface area (Å²) in [6, 6.07) is 18.4. The van der Waals surface area contributed by atoms with E-state index in [9.17, 15) is 4.79 Å². The van der Waals surface area contributed by atoms with Gasteiger partial charge in [-0.1, -0.05) is 49.9 Å². The first-order chi connectivity index (χ1) is 12.2. The number of benzene rings is 2. The highest BCUT2D eigenvalue weighted by Gasteiger charge is 2.07. The predicted molar refractivity (Wildman–Crippen MR) is 109 cm³/mol. The monoisotopic (exact) mass is 348 g/mol. The molecule has 0 radical (unpaired) electrons. The average Bonchev–Trinajstić information content (AvgIpc) is 2.67. The van der Waals surface area contributed by atoms with Crippen molar-refractivity contribution >= 4 is 16.6 Å². The van der Waals surface area contributed by atoms with Gasteiger partial charge in [0.05, 0.1) is 0 Å². The van der Waals surface area contributed by atoms with Crippen molar-refractivity contribution in [1.82, 2.24) is 10.3 Å². The fourth-order valence-corrected chi connectivity index (χ4v) is 2.97. The van der Waals surface area contributed by atoms with Gasteiger partial charge < -0.3 is 5.32 Å². The fraction of sp³-hybridized carbons (Fsp3) is 0.304. The van der Waals surface area contributed by atoms with Crippen molar-refractivity contribution in [1.29, 1.82) is 0 Å². The zero-order valence-electron chi connectivity index (χ0n) is 14.6. The molecular formula is C23H28N2O. The molecule has 0 spiro atoms. The average molecular weight is 348 g/mol. The lowest BCUT2D eigenvalue weighted by molar-refractivity contribution is 0.0978. The van der Waals surface area contributed by atoms with E-state index in [2.05, 4.69) is 35.4 Å². The first-order valence-electron chi connectivity index (χ1n) is 8.86. The van der Waals surface area contributed by atoms with Crippen LogP contribution in [0.1, 0.15) is 49.5 Å². The summed E-state index contributed by atoms with van der Waals surface area (Å²) in [4.78, 5) is 16.2. The highest BCUT2D eigenvalue weighted by Crippen LogP contribution is 2.15. The van der Waals surface area contributed by atoms with Crippen LogP contribution in [0, 0.1) is 0 Å². The Morgan fingerprint density at radius 2 is 1.88 bits per heavy atom. The summed E-state index contributed by atoms with van der Waals surface area (Å²) in [6.45, 7) is 3.02. The summed E-state index contributed by atoms with van der Waals surface area (Å²) in [5, 5.41) is 5.93. The third-order valence-corrected chi connectivity index (χ3v) is 4.50. The molecule has 3 aromatic rings. The van der Waals surface area contributed by atoms with Crippen LogP contribution in [0.25, 0.3) is 10.8 Å². The van der Waals surface area contributed by atoms with Crippen molar-refractivity contribution in [2.75, 3.05) is 0 Å². The van der Waals surface area contributed by atoms with Crippen LogP contribution in [-0.4, -0.2) is 16.8 Å². The van der Waals surface area contributed by atoms with Gasteiger partial charge in [-0.2, -0.15) is 0 Å². The second-order valence-electron chi connectivity index (χ2n) is 6.52. The standard InChI is InChI=1S/C22H24N2O.CH4/c1-17(6-5-9-22(25)19-7-3-2-4-8-19)24-15-18-10-11-21-16-23-13-12-20(21)14-18;/h2-4,7-8,10-14,16-17,24H,5-6,9,15H2,1H3;1H4/t17-;/m1./s1. The van der Waals surface area contributed by atoms with Crippen molar-refractivity contribution in [3.05, 3.63) is 78.1 Å². The molecule has 1 N–H and O–H groups in total. The number of ketones is 1. The summed E-state index contributed by atoms with van der Waals surface area (Å²) in [6.07, 6.45) is 6.23. The molecule has 3 heteroatoms. The molecule has 0 bridgehead atoms. The van der Waals surface area contributed by atoms with E-state index in [1.807, 2.05) is 48.8 Å². The van der Waals surface area contributed by atoms with Gasteiger partial charge in [-0.15, -0.1) is 0 Å². The van der Waals surface area contributed by atoms with Crippen molar-refractivity contribution in [2.24, 2.45) is 0 Å². The summed E-state index contributed by atoms with van der Waals surface area (Å²) in [7, 11) is 0. The van der Waals surface area contributed by atoms with Crippen LogP contribution >= 0.6 is 0 Å². The lowest BCUT2D eigenvalue weighted by atomic mass is 10.0. The van der Waals surface area contributed by atoms with Crippen molar-refractivity contribution in [3.8, 4) is 0 Å². The van der Waals surface area contributed by atoms with Gasteiger partial charge >= 0.3 is 0 Å².